The van der Waals surface area contributed by atoms with Gasteiger partial charge in [-0.3, -0.25) is 0 Å². The van der Waals surface area contributed by atoms with Crippen LogP contribution in [0.15, 0.2) is 12.1 Å². The van der Waals surface area contributed by atoms with Crippen molar-refractivity contribution >= 4 is 0 Å². The van der Waals surface area contributed by atoms with E-state index in [0.717, 1.165) is 18.9 Å². The number of benzene rings is 1. The van der Waals surface area contributed by atoms with Crippen LogP contribution < -0.4 is 10.5 Å². The molecule has 0 heterocycles. The molecule has 1 aromatic rings. The van der Waals surface area contributed by atoms with Crippen molar-refractivity contribution in [3.05, 3.63) is 29.3 Å². The van der Waals surface area contributed by atoms with Gasteiger partial charge in [-0.15, -0.1) is 0 Å². The zero-order chi connectivity index (χ0) is 12.4. The fourth-order valence-corrected chi connectivity index (χ4v) is 1.76. The minimum Gasteiger partial charge on any atom is -0.490 e. The molecule has 0 saturated heterocycles. The minimum atomic E-state index is -0.638. The largest absolute Gasteiger partial charge is 0.490 e. The second kappa shape index (κ2) is 5.00. The van der Waals surface area contributed by atoms with Crippen molar-refractivity contribution in [2.45, 2.75) is 32.2 Å². The van der Waals surface area contributed by atoms with Crippen LogP contribution in [0, 0.1) is 17.6 Å². The molecule has 94 valence electrons. The Hall–Kier alpha value is -1.16. The van der Waals surface area contributed by atoms with E-state index in [-0.39, 0.29) is 11.8 Å². The zero-order valence-corrected chi connectivity index (χ0v) is 9.88. The van der Waals surface area contributed by atoms with Crippen LogP contribution in [0.25, 0.3) is 0 Å². The van der Waals surface area contributed by atoms with E-state index in [2.05, 4.69) is 0 Å². The van der Waals surface area contributed by atoms with Crippen LogP contribution in [0.4, 0.5) is 8.78 Å². The van der Waals surface area contributed by atoms with Crippen molar-refractivity contribution in [3.63, 3.8) is 0 Å². The van der Waals surface area contributed by atoms with Crippen molar-refractivity contribution in [3.8, 4) is 5.75 Å². The summed E-state index contributed by atoms with van der Waals surface area (Å²) >= 11 is 0. The average Bonchev–Trinajstić information content (AvgIpc) is 2.98. The molecule has 4 heteroatoms. The molecule has 1 unspecified atom stereocenters. The van der Waals surface area contributed by atoms with Gasteiger partial charge in [-0.2, -0.15) is 0 Å². The Morgan fingerprint density at radius 3 is 2.71 bits per heavy atom. The van der Waals surface area contributed by atoms with Gasteiger partial charge in [0.05, 0.1) is 6.61 Å². The van der Waals surface area contributed by atoms with Gasteiger partial charge >= 0.3 is 0 Å². The number of halogens is 2. The molecule has 0 amide bonds. The molecule has 1 aromatic carbocycles. The third-order valence-electron chi connectivity index (χ3n) is 2.79. The molecule has 0 bridgehead atoms. The molecule has 2 nitrogen and oxygen atoms in total. The topological polar surface area (TPSA) is 35.2 Å². The lowest BCUT2D eigenvalue weighted by molar-refractivity contribution is 0.280. The molecule has 0 radical (unpaired) electrons. The molecule has 1 aliphatic carbocycles. The van der Waals surface area contributed by atoms with Crippen LogP contribution in [-0.2, 0) is 6.42 Å². The van der Waals surface area contributed by atoms with Gasteiger partial charge in [0, 0.05) is 17.7 Å². The molecular formula is C13H17F2NO. The lowest BCUT2D eigenvalue weighted by Crippen LogP contribution is -2.19. The summed E-state index contributed by atoms with van der Waals surface area (Å²) in [5.41, 5.74) is 6.17. The Bertz CT molecular complexity index is 403. The minimum absolute atomic E-state index is 0.153. The van der Waals surface area contributed by atoms with Crippen molar-refractivity contribution in [2.75, 3.05) is 6.61 Å². The molecule has 1 fully saturated rings. The van der Waals surface area contributed by atoms with E-state index < -0.39 is 11.6 Å². The van der Waals surface area contributed by atoms with Gasteiger partial charge in [-0.1, -0.05) is 0 Å². The van der Waals surface area contributed by atoms with Crippen LogP contribution in [0.3, 0.4) is 0 Å². The van der Waals surface area contributed by atoms with Gasteiger partial charge in [-0.25, -0.2) is 8.78 Å². The fourth-order valence-electron chi connectivity index (χ4n) is 1.76. The van der Waals surface area contributed by atoms with E-state index in [1.165, 1.54) is 6.07 Å². The van der Waals surface area contributed by atoms with E-state index in [0.29, 0.717) is 24.5 Å². The first kappa shape index (κ1) is 12.3. The maximum atomic E-state index is 13.6. The lowest BCUT2D eigenvalue weighted by atomic mass is 10.1. The fraction of sp³-hybridized carbons (Fsp3) is 0.538. The van der Waals surface area contributed by atoms with Crippen molar-refractivity contribution in [1.82, 2.24) is 0 Å². The Labute approximate surface area is 99.8 Å². The molecule has 0 spiro atoms. The highest BCUT2D eigenvalue weighted by Gasteiger charge is 2.23. The first-order valence-electron chi connectivity index (χ1n) is 5.92. The Balaban J connectivity index is 2.18. The molecule has 2 N–H and O–H groups in total. The highest BCUT2D eigenvalue weighted by molar-refractivity contribution is 5.36. The molecule has 0 aromatic heterocycles. The van der Waals surface area contributed by atoms with Crippen LogP contribution in [0.5, 0.6) is 5.75 Å². The second-order valence-corrected chi connectivity index (χ2v) is 4.81. The lowest BCUT2D eigenvalue weighted by Gasteiger charge is -2.14. The molecular weight excluding hydrogens is 224 g/mol. The maximum Gasteiger partial charge on any atom is 0.168 e. The van der Waals surface area contributed by atoms with Crippen molar-refractivity contribution in [1.29, 1.82) is 0 Å². The highest BCUT2D eigenvalue weighted by Crippen LogP contribution is 2.32. The van der Waals surface area contributed by atoms with Crippen molar-refractivity contribution < 1.29 is 13.5 Å². The molecule has 1 aliphatic rings. The number of hydrogen-bond donors (Lipinski definition) is 1. The first-order valence-corrected chi connectivity index (χ1v) is 5.92. The summed E-state index contributed by atoms with van der Waals surface area (Å²) in [6, 6.07) is 2.00. The molecule has 1 atom stereocenters. The quantitative estimate of drug-likeness (QED) is 0.860. The number of nitrogens with two attached hydrogens (primary N) is 1. The predicted molar refractivity (Wildman–Crippen MR) is 61.9 cm³/mol. The van der Waals surface area contributed by atoms with Crippen LogP contribution in [0.2, 0.25) is 0 Å². The number of hydrogen-bond acceptors (Lipinski definition) is 2. The van der Waals surface area contributed by atoms with Gasteiger partial charge < -0.3 is 10.5 Å². The predicted octanol–water partition coefficient (Wildman–Crippen LogP) is 2.64. The van der Waals surface area contributed by atoms with Gasteiger partial charge in [-0.05, 0) is 38.2 Å². The third kappa shape index (κ3) is 3.40. The number of rotatable bonds is 5. The van der Waals surface area contributed by atoms with Gasteiger partial charge in [0.15, 0.2) is 11.6 Å². The van der Waals surface area contributed by atoms with E-state index >= 15 is 0 Å². The maximum absolute atomic E-state index is 13.6. The van der Waals surface area contributed by atoms with Crippen LogP contribution >= 0.6 is 0 Å². The highest BCUT2D eigenvalue weighted by atomic mass is 19.1. The third-order valence-corrected chi connectivity index (χ3v) is 2.79. The van der Waals surface area contributed by atoms with E-state index in [1.54, 1.807) is 6.92 Å². The summed E-state index contributed by atoms with van der Waals surface area (Å²) in [5.74, 6) is -0.531. The van der Waals surface area contributed by atoms with E-state index in [1.807, 2.05) is 0 Å². The van der Waals surface area contributed by atoms with Crippen LogP contribution in [-0.4, -0.2) is 12.6 Å². The van der Waals surface area contributed by atoms with Crippen LogP contribution in [0.1, 0.15) is 25.3 Å². The Morgan fingerprint density at radius 2 is 2.12 bits per heavy atom. The standard InChI is InChI=1S/C13H17F2NO/c1-8(16)4-10-5-11(14)6-12(15)13(10)17-7-9-2-3-9/h5-6,8-9H,2-4,7,16H2,1H3. The number of ether oxygens (including phenoxy) is 1. The van der Waals surface area contributed by atoms with Crippen molar-refractivity contribution in [2.24, 2.45) is 11.7 Å². The Morgan fingerprint density at radius 1 is 1.41 bits per heavy atom. The van der Waals surface area contributed by atoms with Gasteiger partial charge in [0.1, 0.15) is 5.82 Å². The summed E-state index contributed by atoms with van der Waals surface area (Å²) in [7, 11) is 0. The summed E-state index contributed by atoms with van der Waals surface area (Å²) in [4.78, 5) is 0. The Kier molecular flexibility index (Phi) is 3.62. The summed E-state index contributed by atoms with van der Waals surface area (Å²) < 4.78 is 32.2. The molecule has 0 aliphatic heterocycles. The SMILES string of the molecule is CC(N)Cc1cc(F)cc(F)c1OCC1CC1. The van der Waals surface area contributed by atoms with Gasteiger partial charge in [0.2, 0.25) is 0 Å². The summed E-state index contributed by atoms with van der Waals surface area (Å²) in [6.07, 6.45) is 2.67. The monoisotopic (exact) mass is 241 g/mol. The zero-order valence-electron chi connectivity index (χ0n) is 9.88. The first-order chi connectivity index (χ1) is 8.06. The normalized spacial score (nSPS) is 16.9. The smallest absolute Gasteiger partial charge is 0.168 e. The average molecular weight is 241 g/mol. The van der Waals surface area contributed by atoms with E-state index in [9.17, 15) is 8.78 Å². The molecule has 17 heavy (non-hydrogen) atoms. The molecule has 2 rings (SSSR count). The second-order valence-electron chi connectivity index (χ2n) is 4.81. The van der Waals surface area contributed by atoms with Gasteiger partial charge in [0.25, 0.3) is 0 Å². The summed E-state index contributed by atoms with van der Waals surface area (Å²) in [6.45, 7) is 2.31. The van der Waals surface area contributed by atoms with E-state index in [4.69, 9.17) is 10.5 Å². The summed E-state index contributed by atoms with van der Waals surface area (Å²) in [5, 5.41) is 0. The molecule has 1 saturated carbocycles.